The van der Waals surface area contributed by atoms with Crippen molar-refractivity contribution in [3.8, 4) is 28.2 Å². The molecular weight excluding hydrogens is 863 g/mol. The number of hydrogen-bond donors (Lipinski definition) is 0. The molecule has 0 saturated carbocycles. The van der Waals surface area contributed by atoms with Gasteiger partial charge in [-0.05, 0) is 92.5 Å². The Hall–Kier alpha value is -8.96. The van der Waals surface area contributed by atoms with Crippen LogP contribution in [0.15, 0.2) is 273 Å². The van der Waals surface area contributed by atoms with Gasteiger partial charge in [0, 0.05) is 43.7 Å². The van der Waals surface area contributed by atoms with Crippen LogP contribution in [0.4, 0.5) is 0 Å². The molecule has 0 radical (unpaired) electrons. The number of para-hydroxylation sites is 5. The summed E-state index contributed by atoms with van der Waals surface area (Å²) in [6.07, 6.45) is 0. The fourth-order valence-electron chi connectivity index (χ4n) is 11.9. The van der Waals surface area contributed by atoms with E-state index in [2.05, 4.69) is 287 Å². The lowest BCUT2D eigenvalue weighted by atomic mass is 9.98. The van der Waals surface area contributed by atoms with E-state index in [0.717, 1.165) is 17.1 Å². The molecule has 0 aliphatic rings. The zero-order chi connectivity index (χ0) is 46.2. The Morgan fingerprint density at radius 1 is 0.257 bits per heavy atom. The lowest BCUT2D eigenvalue weighted by Gasteiger charge is -2.34. The third-order valence-corrected chi connectivity index (χ3v) is 19.5. The highest BCUT2D eigenvalue weighted by atomic mass is 28.3. The maximum absolute atomic E-state index is 2.83. The van der Waals surface area contributed by atoms with Crippen LogP contribution >= 0.6 is 0 Å². The molecule has 0 fully saturated rings. The molecule has 0 unspecified atom stereocenters. The molecule has 70 heavy (non-hydrogen) atoms. The second kappa shape index (κ2) is 16.1. The smallest absolute Gasteiger partial charge is 0.179 e. The van der Waals surface area contributed by atoms with Crippen LogP contribution in [0.1, 0.15) is 0 Å². The van der Waals surface area contributed by atoms with Gasteiger partial charge in [-0.25, -0.2) is 0 Å². The number of hydrogen-bond acceptors (Lipinski definition) is 0. The van der Waals surface area contributed by atoms with E-state index in [1.807, 2.05) is 0 Å². The van der Waals surface area contributed by atoms with E-state index in [1.165, 1.54) is 97.3 Å². The summed E-state index contributed by atoms with van der Waals surface area (Å²) >= 11 is 0. The van der Waals surface area contributed by atoms with Crippen LogP contribution in [-0.4, -0.2) is 21.8 Å². The molecule has 3 heterocycles. The van der Waals surface area contributed by atoms with Crippen LogP contribution in [0, 0.1) is 0 Å². The van der Waals surface area contributed by atoms with E-state index in [-0.39, 0.29) is 0 Å². The zero-order valence-corrected chi connectivity index (χ0v) is 39.3. The molecule has 0 aliphatic heterocycles. The van der Waals surface area contributed by atoms with Gasteiger partial charge in [0.05, 0.1) is 38.8 Å². The maximum atomic E-state index is 2.53. The van der Waals surface area contributed by atoms with Crippen molar-refractivity contribution in [1.29, 1.82) is 0 Å². The average Bonchev–Trinajstić information content (AvgIpc) is 4.08. The molecular formula is C66H45N3Si. The molecule has 0 amide bonds. The third kappa shape index (κ3) is 5.94. The monoisotopic (exact) mass is 907 g/mol. The van der Waals surface area contributed by atoms with Gasteiger partial charge in [0.25, 0.3) is 0 Å². The first kappa shape index (κ1) is 40.1. The first-order chi connectivity index (χ1) is 34.8. The Bertz CT molecular complexity index is 4180. The third-order valence-electron chi connectivity index (χ3n) is 14.8. The first-order valence-electron chi connectivity index (χ1n) is 24.2. The van der Waals surface area contributed by atoms with Crippen molar-refractivity contribution in [3.63, 3.8) is 0 Å². The van der Waals surface area contributed by atoms with E-state index in [0.29, 0.717) is 0 Å². The van der Waals surface area contributed by atoms with Gasteiger partial charge in [0.2, 0.25) is 0 Å². The van der Waals surface area contributed by atoms with Crippen molar-refractivity contribution < 1.29 is 0 Å². The number of benzene rings is 11. The second-order valence-electron chi connectivity index (χ2n) is 18.4. The van der Waals surface area contributed by atoms with E-state index < -0.39 is 8.07 Å². The first-order valence-corrected chi connectivity index (χ1v) is 26.2. The molecule has 0 saturated heterocycles. The number of aromatic nitrogens is 3. The van der Waals surface area contributed by atoms with Gasteiger partial charge < -0.3 is 13.7 Å². The lowest BCUT2D eigenvalue weighted by molar-refractivity contribution is 1.13. The van der Waals surface area contributed by atoms with Crippen molar-refractivity contribution in [2.45, 2.75) is 0 Å². The van der Waals surface area contributed by atoms with Crippen molar-refractivity contribution in [2.75, 3.05) is 0 Å². The molecule has 14 rings (SSSR count). The van der Waals surface area contributed by atoms with Gasteiger partial charge in [-0.2, -0.15) is 0 Å². The van der Waals surface area contributed by atoms with Crippen LogP contribution in [0.2, 0.25) is 0 Å². The van der Waals surface area contributed by atoms with Crippen molar-refractivity contribution in [2.24, 2.45) is 0 Å². The summed E-state index contributed by atoms with van der Waals surface area (Å²) in [7, 11) is -2.83. The zero-order valence-electron chi connectivity index (χ0n) is 38.3. The van der Waals surface area contributed by atoms with Crippen LogP contribution in [0.3, 0.4) is 0 Å². The highest BCUT2D eigenvalue weighted by Gasteiger charge is 2.41. The van der Waals surface area contributed by atoms with E-state index in [9.17, 15) is 0 Å². The second-order valence-corrected chi connectivity index (χ2v) is 22.2. The van der Waals surface area contributed by atoms with Gasteiger partial charge in [0.15, 0.2) is 8.07 Å². The highest BCUT2D eigenvalue weighted by molar-refractivity contribution is 7.19. The minimum absolute atomic E-state index is 1.14. The Morgan fingerprint density at radius 3 is 1.37 bits per heavy atom. The number of fused-ring (bicyclic) bond motifs is 9. The van der Waals surface area contributed by atoms with Gasteiger partial charge in [-0.3, -0.25) is 0 Å². The van der Waals surface area contributed by atoms with Gasteiger partial charge in [-0.15, -0.1) is 0 Å². The lowest BCUT2D eigenvalue weighted by Crippen LogP contribution is -2.74. The normalized spacial score (nSPS) is 12.0. The summed E-state index contributed by atoms with van der Waals surface area (Å²) in [5, 5.41) is 12.8. The molecule has 0 spiro atoms. The minimum Gasteiger partial charge on any atom is -0.309 e. The Morgan fingerprint density at radius 2 is 0.714 bits per heavy atom. The number of rotatable bonds is 8. The Labute approximate surface area is 407 Å². The van der Waals surface area contributed by atoms with E-state index >= 15 is 0 Å². The Kier molecular flexibility index (Phi) is 9.23. The molecule has 4 heteroatoms. The molecule has 14 aromatic rings. The SMILES string of the molecule is c1ccc(-n2c3ccccc3c3ccc(-c4cccc5c4c4ccccc4n5-c4cccc5c6ccccc6n(-c6cccc([Si](c7ccccc7)(c7ccccc7)c7ccccc7)c6)c45)cc32)cc1. The van der Waals surface area contributed by atoms with E-state index in [4.69, 9.17) is 0 Å². The average molecular weight is 908 g/mol. The number of nitrogens with zero attached hydrogens (tertiary/aromatic N) is 3. The fourth-order valence-corrected chi connectivity index (χ4v) is 16.7. The highest BCUT2D eigenvalue weighted by Crippen LogP contribution is 2.43. The molecule has 3 aromatic heterocycles. The quantitative estimate of drug-likeness (QED) is 0.107. The largest absolute Gasteiger partial charge is 0.309 e. The van der Waals surface area contributed by atoms with Gasteiger partial charge in [-0.1, -0.05) is 212 Å². The molecule has 0 aliphatic carbocycles. The summed E-state index contributed by atoms with van der Waals surface area (Å²) in [6, 6.07) is 101. The standard InChI is InChI=1S/C66H45N3Si/c1-5-22-47(23-6-1)67-59-37-16-13-32-54(59)56-43-42-46(44-64(56)67)53-35-20-40-62-65(53)58-34-15-18-39-61(58)69(62)63-41-21-36-57-55-33-14-17-38-60(55)68(66(57)63)48-24-19-31-52(45-48)70(49-25-7-2-8-26-49,50-27-9-3-10-28-50)51-29-11-4-12-30-51/h1-45H. The maximum Gasteiger partial charge on any atom is 0.179 e. The van der Waals surface area contributed by atoms with Crippen LogP contribution in [-0.2, 0) is 0 Å². The van der Waals surface area contributed by atoms with Crippen molar-refractivity contribution in [3.05, 3.63) is 273 Å². The van der Waals surface area contributed by atoms with Crippen molar-refractivity contribution in [1.82, 2.24) is 13.7 Å². The summed E-state index contributed by atoms with van der Waals surface area (Å²) in [5.74, 6) is 0. The molecule has 0 N–H and O–H groups in total. The molecule has 0 atom stereocenters. The molecule has 3 nitrogen and oxygen atoms in total. The molecule has 328 valence electrons. The fraction of sp³-hybridized carbons (Fsp3) is 0. The summed E-state index contributed by atoms with van der Waals surface area (Å²) in [6.45, 7) is 0. The van der Waals surface area contributed by atoms with Gasteiger partial charge in [0.1, 0.15) is 0 Å². The molecule has 11 aromatic carbocycles. The predicted molar refractivity (Wildman–Crippen MR) is 299 cm³/mol. The minimum atomic E-state index is -2.83. The summed E-state index contributed by atoms with van der Waals surface area (Å²) < 4.78 is 7.47. The van der Waals surface area contributed by atoms with E-state index in [1.54, 1.807) is 0 Å². The summed E-state index contributed by atoms with van der Waals surface area (Å²) in [4.78, 5) is 0. The Balaban J connectivity index is 1.03. The van der Waals surface area contributed by atoms with Gasteiger partial charge >= 0.3 is 0 Å². The van der Waals surface area contributed by atoms with Crippen LogP contribution in [0.5, 0.6) is 0 Å². The van der Waals surface area contributed by atoms with Crippen LogP contribution < -0.4 is 20.7 Å². The predicted octanol–water partition coefficient (Wildman–Crippen LogP) is 14.0. The molecule has 0 bridgehead atoms. The summed E-state index contributed by atoms with van der Waals surface area (Å²) in [5.41, 5.74) is 12.9. The topological polar surface area (TPSA) is 14.8 Å². The van der Waals surface area contributed by atoms with Crippen molar-refractivity contribution >= 4 is 94.2 Å². The van der Waals surface area contributed by atoms with Crippen LogP contribution in [0.25, 0.3) is 93.6 Å².